The van der Waals surface area contributed by atoms with Crippen molar-refractivity contribution >= 4 is 18.9 Å². The summed E-state index contributed by atoms with van der Waals surface area (Å²) in [7, 11) is -0.405. The zero-order valence-corrected chi connectivity index (χ0v) is 15.3. The summed E-state index contributed by atoms with van der Waals surface area (Å²) in [5.41, 5.74) is 1.40. The highest BCUT2D eigenvalue weighted by molar-refractivity contribution is 6.43. The summed E-state index contributed by atoms with van der Waals surface area (Å²) in [6.45, 7) is 0.0137. The van der Waals surface area contributed by atoms with Crippen molar-refractivity contribution in [3.8, 4) is 5.75 Å². The molecular weight excluding hydrogens is 366 g/mol. The number of methoxy groups -OCH3 is 1. The molecule has 0 heterocycles. The van der Waals surface area contributed by atoms with Gasteiger partial charge in [-0.2, -0.15) is 0 Å². The van der Waals surface area contributed by atoms with Crippen LogP contribution >= 0.6 is 0 Å². The molecule has 148 valence electrons. The van der Waals surface area contributed by atoms with Crippen molar-refractivity contribution < 1.29 is 28.8 Å². The SMILES string of the molecule is COc1cccc(CNC(=O)C(F)C(=O)NC(Cc2ccccc2)B(O)O)c1. The first kappa shape index (κ1) is 21.4. The lowest BCUT2D eigenvalue weighted by Crippen LogP contribution is -2.52. The normalized spacial score (nSPS) is 12.6. The molecule has 28 heavy (non-hydrogen) atoms. The molecule has 2 aromatic carbocycles. The Hall–Kier alpha value is -2.91. The van der Waals surface area contributed by atoms with Crippen molar-refractivity contribution in [1.29, 1.82) is 0 Å². The van der Waals surface area contributed by atoms with E-state index in [0.29, 0.717) is 11.3 Å². The van der Waals surface area contributed by atoms with Crippen LogP contribution in [0.15, 0.2) is 54.6 Å². The Balaban J connectivity index is 1.90. The number of hydrogen-bond donors (Lipinski definition) is 4. The Kier molecular flexibility index (Phi) is 7.97. The van der Waals surface area contributed by atoms with Gasteiger partial charge in [0.05, 0.1) is 13.1 Å². The second-order valence-electron chi connectivity index (χ2n) is 6.15. The maximum atomic E-state index is 14.2. The summed E-state index contributed by atoms with van der Waals surface area (Å²) < 4.78 is 19.3. The van der Waals surface area contributed by atoms with Crippen LogP contribution in [0.5, 0.6) is 5.75 Å². The van der Waals surface area contributed by atoms with Gasteiger partial charge < -0.3 is 25.4 Å². The fourth-order valence-corrected chi connectivity index (χ4v) is 2.54. The highest BCUT2D eigenvalue weighted by Gasteiger charge is 2.32. The summed E-state index contributed by atoms with van der Waals surface area (Å²) in [5.74, 6) is -2.93. The van der Waals surface area contributed by atoms with Gasteiger partial charge >= 0.3 is 7.12 Å². The van der Waals surface area contributed by atoms with E-state index in [0.717, 1.165) is 5.56 Å². The Labute approximate surface area is 162 Å². The third-order valence-electron chi connectivity index (χ3n) is 4.05. The van der Waals surface area contributed by atoms with Gasteiger partial charge in [-0.3, -0.25) is 9.59 Å². The number of ether oxygens (including phenoxy) is 1. The molecule has 2 atom stereocenters. The largest absolute Gasteiger partial charge is 0.497 e. The quantitative estimate of drug-likeness (QED) is 0.367. The number of rotatable bonds is 9. The maximum absolute atomic E-state index is 14.2. The van der Waals surface area contributed by atoms with Crippen LogP contribution in [0.3, 0.4) is 0 Å². The molecule has 0 saturated carbocycles. The Morgan fingerprint density at radius 3 is 2.39 bits per heavy atom. The van der Waals surface area contributed by atoms with E-state index >= 15 is 0 Å². The van der Waals surface area contributed by atoms with Crippen molar-refractivity contribution in [3.63, 3.8) is 0 Å². The number of amides is 2. The zero-order chi connectivity index (χ0) is 20.5. The van der Waals surface area contributed by atoms with Crippen LogP contribution in [0.1, 0.15) is 11.1 Å². The number of halogens is 1. The zero-order valence-electron chi connectivity index (χ0n) is 15.3. The smallest absolute Gasteiger partial charge is 0.475 e. The molecular formula is C19H22BFN2O5. The second kappa shape index (κ2) is 10.4. The molecule has 0 fully saturated rings. The summed E-state index contributed by atoms with van der Waals surface area (Å²) in [5, 5.41) is 23.4. The standard InChI is InChI=1S/C19H22BFN2O5/c1-28-15-9-5-8-14(10-15)12-22-18(24)17(21)19(25)23-16(20(26)27)11-13-6-3-2-4-7-13/h2-10,16-17,26-27H,11-12H2,1H3,(H,22,24)(H,23,25). The van der Waals surface area contributed by atoms with Crippen LogP contribution in [-0.4, -0.2) is 48.2 Å². The van der Waals surface area contributed by atoms with E-state index in [-0.39, 0.29) is 13.0 Å². The molecule has 0 aliphatic rings. The molecule has 7 nitrogen and oxygen atoms in total. The minimum absolute atomic E-state index is 0.0137. The predicted octanol–water partition coefficient (Wildman–Crippen LogP) is 0.389. The molecule has 9 heteroatoms. The highest BCUT2D eigenvalue weighted by atomic mass is 19.1. The molecule has 2 aromatic rings. The summed E-state index contributed by atoms with van der Waals surface area (Å²) in [4.78, 5) is 23.9. The average molecular weight is 388 g/mol. The van der Waals surface area contributed by atoms with Gasteiger partial charge in [-0.15, -0.1) is 0 Å². The molecule has 2 unspecified atom stereocenters. The average Bonchev–Trinajstić information content (AvgIpc) is 2.71. The topological polar surface area (TPSA) is 108 Å². The lowest BCUT2D eigenvalue weighted by Gasteiger charge is -2.19. The van der Waals surface area contributed by atoms with Gasteiger partial charge in [0.25, 0.3) is 18.0 Å². The predicted molar refractivity (Wildman–Crippen MR) is 102 cm³/mol. The molecule has 2 amide bonds. The fourth-order valence-electron chi connectivity index (χ4n) is 2.54. The van der Waals surface area contributed by atoms with Crippen LogP contribution in [0.4, 0.5) is 4.39 Å². The first-order chi connectivity index (χ1) is 13.4. The van der Waals surface area contributed by atoms with Crippen molar-refractivity contribution in [2.45, 2.75) is 25.1 Å². The van der Waals surface area contributed by atoms with Crippen LogP contribution < -0.4 is 15.4 Å². The molecule has 4 N–H and O–H groups in total. The number of benzene rings is 2. The Morgan fingerprint density at radius 1 is 1.07 bits per heavy atom. The molecule has 0 aliphatic heterocycles. The molecule has 0 aliphatic carbocycles. The van der Waals surface area contributed by atoms with Gasteiger partial charge in [-0.25, -0.2) is 4.39 Å². The van der Waals surface area contributed by atoms with Crippen LogP contribution in [0.25, 0.3) is 0 Å². The first-order valence-electron chi connectivity index (χ1n) is 8.66. The number of carbonyl (C=O) groups is 2. The van der Waals surface area contributed by atoms with Crippen molar-refractivity contribution in [1.82, 2.24) is 10.6 Å². The van der Waals surface area contributed by atoms with Crippen LogP contribution in [-0.2, 0) is 22.6 Å². The molecule has 0 spiro atoms. The molecule has 0 radical (unpaired) electrons. The lowest BCUT2D eigenvalue weighted by molar-refractivity contribution is -0.136. The maximum Gasteiger partial charge on any atom is 0.475 e. The van der Waals surface area contributed by atoms with Gasteiger partial charge in [-0.1, -0.05) is 42.5 Å². The Morgan fingerprint density at radius 2 is 1.75 bits per heavy atom. The number of alkyl halides is 1. The third kappa shape index (κ3) is 6.36. The Bertz CT molecular complexity index is 791. The van der Waals surface area contributed by atoms with E-state index in [1.165, 1.54) is 7.11 Å². The summed E-state index contributed by atoms with van der Waals surface area (Å²) in [6.07, 6.45) is -2.41. The second-order valence-corrected chi connectivity index (χ2v) is 6.15. The fraction of sp³-hybridized carbons (Fsp3) is 0.263. The minimum Gasteiger partial charge on any atom is -0.497 e. The third-order valence-corrected chi connectivity index (χ3v) is 4.05. The minimum atomic E-state index is -2.48. The van der Waals surface area contributed by atoms with Gasteiger partial charge in [0.1, 0.15) is 5.75 Å². The molecule has 0 bridgehead atoms. The monoisotopic (exact) mass is 388 g/mol. The van der Waals surface area contributed by atoms with E-state index in [2.05, 4.69) is 10.6 Å². The van der Waals surface area contributed by atoms with E-state index in [4.69, 9.17) is 4.74 Å². The van der Waals surface area contributed by atoms with Gasteiger partial charge in [0.2, 0.25) is 0 Å². The van der Waals surface area contributed by atoms with Gasteiger partial charge in [0.15, 0.2) is 0 Å². The van der Waals surface area contributed by atoms with E-state index < -0.39 is 31.0 Å². The van der Waals surface area contributed by atoms with E-state index in [1.54, 1.807) is 54.6 Å². The van der Waals surface area contributed by atoms with Gasteiger partial charge in [0, 0.05) is 6.54 Å². The molecule has 0 saturated heterocycles. The van der Waals surface area contributed by atoms with Crippen molar-refractivity contribution in [3.05, 3.63) is 65.7 Å². The molecule has 0 aromatic heterocycles. The number of nitrogens with one attached hydrogen (secondary N) is 2. The van der Waals surface area contributed by atoms with Crippen molar-refractivity contribution in [2.75, 3.05) is 7.11 Å². The van der Waals surface area contributed by atoms with Crippen LogP contribution in [0, 0.1) is 0 Å². The van der Waals surface area contributed by atoms with Crippen molar-refractivity contribution in [2.24, 2.45) is 0 Å². The number of hydrogen-bond acceptors (Lipinski definition) is 5. The van der Waals surface area contributed by atoms with Crippen LogP contribution in [0.2, 0.25) is 0 Å². The van der Waals surface area contributed by atoms with E-state index in [9.17, 15) is 24.0 Å². The summed E-state index contributed by atoms with van der Waals surface area (Å²) >= 11 is 0. The van der Waals surface area contributed by atoms with E-state index in [1.807, 2.05) is 0 Å². The number of carbonyl (C=O) groups excluding carboxylic acids is 2. The first-order valence-corrected chi connectivity index (χ1v) is 8.66. The highest BCUT2D eigenvalue weighted by Crippen LogP contribution is 2.12. The molecule has 2 rings (SSSR count). The summed E-state index contributed by atoms with van der Waals surface area (Å²) in [6, 6.07) is 15.6. The van der Waals surface area contributed by atoms with Gasteiger partial charge in [-0.05, 0) is 29.7 Å². The lowest BCUT2D eigenvalue weighted by atomic mass is 9.76.